The lowest BCUT2D eigenvalue weighted by Gasteiger charge is -2.22. The second kappa shape index (κ2) is 6.23. The van der Waals surface area contributed by atoms with Crippen LogP contribution in [0.5, 0.6) is 0 Å². The van der Waals surface area contributed by atoms with E-state index in [9.17, 15) is 9.59 Å². The number of carbonyl (C=O) groups is 2. The Hall–Kier alpha value is -1.30. The van der Waals surface area contributed by atoms with Gasteiger partial charge >= 0.3 is 6.03 Å². The molecule has 0 fully saturated rings. The lowest BCUT2D eigenvalue weighted by molar-refractivity contribution is -0.131. The number of urea groups is 1. The van der Waals surface area contributed by atoms with Crippen molar-refractivity contribution < 1.29 is 14.7 Å². The number of hydrogen-bond donors (Lipinski definition) is 3. The van der Waals surface area contributed by atoms with Crippen molar-refractivity contribution in [2.75, 3.05) is 13.6 Å². The summed E-state index contributed by atoms with van der Waals surface area (Å²) < 4.78 is 0. The zero-order chi connectivity index (χ0) is 12.0. The second-order valence-corrected chi connectivity index (χ2v) is 3.63. The van der Waals surface area contributed by atoms with Crippen molar-refractivity contribution >= 4 is 11.9 Å². The van der Waals surface area contributed by atoms with E-state index in [0.717, 1.165) is 0 Å². The molecule has 0 heterocycles. The molecule has 0 aliphatic rings. The molecule has 4 N–H and O–H groups in total. The molecule has 0 aliphatic heterocycles. The zero-order valence-electron chi connectivity index (χ0n) is 9.36. The average Bonchev–Trinajstić information content (AvgIpc) is 2.11. The van der Waals surface area contributed by atoms with E-state index in [4.69, 9.17) is 10.8 Å². The first-order valence-electron chi connectivity index (χ1n) is 4.83. The summed E-state index contributed by atoms with van der Waals surface area (Å²) in [5, 5.41) is 11.3. The van der Waals surface area contributed by atoms with Crippen molar-refractivity contribution in [1.29, 1.82) is 0 Å². The molecule has 3 amide bonds. The Labute approximate surface area is 89.4 Å². The van der Waals surface area contributed by atoms with Gasteiger partial charge in [-0.15, -0.1) is 0 Å². The van der Waals surface area contributed by atoms with Gasteiger partial charge in [0.2, 0.25) is 5.91 Å². The van der Waals surface area contributed by atoms with E-state index in [1.165, 1.54) is 4.90 Å². The number of carbonyl (C=O) groups excluding carboxylic acids is 2. The molecule has 0 saturated heterocycles. The third-order valence-corrected chi connectivity index (χ3v) is 1.99. The lowest BCUT2D eigenvalue weighted by atomic mass is 10.2. The van der Waals surface area contributed by atoms with E-state index >= 15 is 0 Å². The van der Waals surface area contributed by atoms with Crippen LogP contribution >= 0.6 is 0 Å². The van der Waals surface area contributed by atoms with Gasteiger partial charge in [-0.2, -0.15) is 0 Å². The number of nitrogens with two attached hydrogens (primary N) is 1. The van der Waals surface area contributed by atoms with Crippen molar-refractivity contribution in [3.05, 3.63) is 0 Å². The van der Waals surface area contributed by atoms with E-state index < -0.39 is 18.2 Å². The van der Waals surface area contributed by atoms with Crippen molar-refractivity contribution in [3.63, 3.8) is 0 Å². The SMILES string of the molecule is CC(O)CCN(C)C(=O)C(C)NC(N)=O. The van der Waals surface area contributed by atoms with Crippen molar-refractivity contribution in [2.24, 2.45) is 5.73 Å². The largest absolute Gasteiger partial charge is 0.393 e. The van der Waals surface area contributed by atoms with Crippen LogP contribution in [0.4, 0.5) is 4.79 Å². The first-order valence-corrected chi connectivity index (χ1v) is 4.83. The molecule has 0 radical (unpaired) electrons. The third-order valence-electron chi connectivity index (χ3n) is 1.99. The standard InChI is InChI=1S/C9H19N3O3/c1-6(13)4-5-12(3)8(14)7(2)11-9(10)15/h6-7,13H,4-5H2,1-3H3,(H3,10,11,15). The first-order chi connectivity index (χ1) is 6.84. The topological polar surface area (TPSA) is 95.7 Å². The summed E-state index contributed by atoms with van der Waals surface area (Å²) in [5.41, 5.74) is 4.89. The third kappa shape index (κ3) is 5.90. The van der Waals surface area contributed by atoms with Gasteiger partial charge in [-0.1, -0.05) is 0 Å². The monoisotopic (exact) mass is 217 g/mol. The Morgan fingerprint density at radius 3 is 2.40 bits per heavy atom. The Morgan fingerprint density at radius 1 is 1.47 bits per heavy atom. The maximum atomic E-state index is 11.6. The predicted molar refractivity (Wildman–Crippen MR) is 56.1 cm³/mol. The highest BCUT2D eigenvalue weighted by atomic mass is 16.3. The fourth-order valence-corrected chi connectivity index (χ4v) is 1.10. The molecule has 2 atom stereocenters. The maximum Gasteiger partial charge on any atom is 0.312 e. The van der Waals surface area contributed by atoms with Gasteiger partial charge in [-0.25, -0.2) is 4.79 Å². The number of amides is 3. The summed E-state index contributed by atoms with van der Waals surface area (Å²) in [6.45, 7) is 3.66. The van der Waals surface area contributed by atoms with E-state index in [0.29, 0.717) is 13.0 Å². The van der Waals surface area contributed by atoms with Crippen LogP contribution in [-0.2, 0) is 4.79 Å². The molecule has 6 heteroatoms. The molecule has 2 unspecified atom stereocenters. The van der Waals surface area contributed by atoms with E-state index in [1.54, 1.807) is 20.9 Å². The summed E-state index contributed by atoms with van der Waals surface area (Å²) in [5.74, 6) is -0.227. The predicted octanol–water partition coefficient (Wildman–Crippen LogP) is -0.727. The van der Waals surface area contributed by atoms with Crippen molar-refractivity contribution in [3.8, 4) is 0 Å². The number of nitrogens with zero attached hydrogens (tertiary/aromatic N) is 1. The summed E-state index contributed by atoms with van der Waals surface area (Å²) in [4.78, 5) is 23.5. The fourth-order valence-electron chi connectivity index (χ4n) is 1.10. The molecule has 0 aromatic rings. The van der Waals surface area contributed by atoms with Crippen LogP contribution in [0.2, 0.25) is 0 Å². The van der Waals surface area contributed by atoms with Crippen LogP contribution in [-0.4, -0.2) is 47.7 Å². The van der Waals surface area contributed by atoms with Crippen LogP contribution in [0.1, 0.15) is 20.3 Å². The maximum absolute atomic E-state index is 11.6. The molecule has 0 bridgehead atoms. The van der Waals surface area contributed by atoms with Crippen LogP contribution in [0, 0.1) is 0 Å². The van der Waals surface area contributed by atoms with Gasteiger partial charge in [0.1, 0.15) is 6.04 Å². The molecule has 0 aromatic carbocycles. The molecule has 0 aromatic heterocycles. The van der Waals surface area contributed by atoms with Gasteiger partial charge in [0.05, 0.1) is 6.10 Å². The quantitative estimate of drug-likeness (QED) is 0.566. The van der Waals surface area contributed by atoms with Gasteiger partial charge in [-0.05, 0) is 20.3 Å². The molecule has 0 spiro atoms. The number of rotatable bonds is 5. The Morgan fingerprint density at radius 2 is 2.00 bits per heavy atom. The number of likely N-dealkylation sites (N-methyl/N-ethyl adjacent to an activating group) is 1. The highest BCUT2D eigenvalue weighted by Crippen LogP contribution is 1.96. The Balaban J connectivity index is 4.01. The molecular weight excluding hydrogens is 198 g/mol. The van der Waals surface area contributed by atoms with E-state index in [2.05, 4.69) is 5.32 Å². The van der Waals surface area contributed by atoms with E-state index in [1.807, 2.05) is 0 Å². The second-order valence-electron chi connectivity index (χ2n) is 3.63. The molecule has 0 saturated carbocycles. The summed E-state index contributed by atoms with van der Waals surface area (Å²) in [6.07, 6.45) is 0.0607. The van der Waals surface area contributed by atoms with Gasteiger partial charge in [0.25, 0.3) is 0 Å². The highest BCUT2D eigenvalue weighted by molar-refractivity contribution is 5.85. The molecule has 15 heavy (non-hydrogen) atoms. The Kier molecular flexibility index (Phi) is 5.69. The number of primary amides is 1. The van der Waals surface area contributed by atoms with Gasteiger partial charge in [0, 0.05) is 13.6 Å². The number of aliphatic hydroxyl groups is 1. The molecule has 0 rings (SSSR count). The Bertz CT molecular complexity index is 231. The summed E-state index contributed by atoms with van der Waals surface area (Å²) in [7, 11) is 1.61. The minimum atomic E-state index is -0.722. The molecular formula is C9H19N3O3. The normalized spacial score (nSPS) is 14.1. The number of hydrogen-bond acceptors (Lipinski definition) is 3. The fraction of sp³-hybridized carbons (Fsp3) is 0.778. The summed E-state index contributed by atoms with van der Waals surface area (Å²) in [6, 6.07) is -1.36. The van der Waals surface area contributed by atoms with Crippen molar-refractivity contribution in [1.82, 2.24) is 10.2 Å². The highest BCUT2D eigenvalue weighted by Gasteiger charge is 2.18. The van der Waals surface area contributed by atoms with Crippen LogP contribution < -0.4 is 11.1 Å². The van der Waals surface area contributed by atoms with Crippen LogP contribution in [0.3, 0.4) is 0 Å². The lowest BCUT2D eigenvalue weighted by Crippen LogP contribution is -2.47. The van der Waals surface area contributed by atoms with Crippen LogP contribution in [0.25, 0.3) is 0 Å². The first kappa shape index (κ1) is 13.7. The number of aliphatic hydroxyl groups excluding tert-OH is 1. The molecule has 6 nitrogen and oxygen atoms in total. The summed E-state index contributed by atoms with van der Waals surface area (Å²) >= 11 is 0. The number of nitrogens with one attached hydrogen (secondary N) is 1. The van der Waals surface area contributed by atoms with Gasteiger partial charge in [-0.3, -0.25) is 4.79 Å². The average molecular weight is 217 g/mol. The molecule has 0 aliphatic carbocycles. The smallest absolute Gasteiger partial charge is 0.312 e. The molecule has 88 valence electrons. The van der Waals surface area contributed by atoms with Gasteiger partial charge in [0.15, 0.2) is 0 Å². The van der Waals surface area contributed by atoms with E-state index in [-0.39, 0.29) is 5.91 Å². The van der Waals surface area contributed by atoms with Crippen LogP contribution in [0.15, 0.2) is 0 Å². The van der Waals surface area contributed by atoms with Gasteiger partial charge < -0.3 is 21.1 Å². The zero-order valence-corrected chi connectivity index (χ0v) is 9.36. The minimum Gasteiger partial charge on any atom is -0.393 e. The minimum absolute atomic E-state index is 0.227. The van der Waals surface area contributed by atoms with Crippen molar-refractivity contribution in [2.45, 2.75) is 32.4 Å².